The molecule has 1 atom stereocenters. The van der Waals surface area contributed by atoms with Gasteiger partial charge in [-0.3, -0.25) is 4.79 Å². The Morgan fingerprint density at radius 3 is 3.05 bits per heavy atom. The number of hydrogen-bond donors (Lipinski definition) is 3. The van der Waals surface area contributed by atoms with E-state index in [9.17, 15) is 4.79 Å². The minimum atomic E-state index is -0.762. The molecule has 1 aromatic rings. The number of fused-ring (bicyclic) bond motifs is 1. The summed E-state index contributed by atoms with van der Waals surface area (Å²) in [7, 11) is 0. The topological polar surface area (TPSA) is 87.7 Å². The maximum atomic E-state index is 12.3. The number of nitrogens with zero attached hydrogens (tertiary/aromatic N) is 1. The Bertz CT molecular complexity index is 534. The van der Waals surface area contributed by atoms with Gasteiger partial charge < -0.3 is 16.3 Å². The van der Waals surface area contributed by atoms with E-state index in [-0.39, 0.29) is 17.8 Å². The number of nitrogens with two attached hydrogens (primary N) is 1. The van der Waals surface area contributed by atoms with E-state index in [2.05, 4.69) is 21.9 Å². The molecular formula is C13H17N3O2S. The average Bonchev–Trinajstić information content (AvgIpc) is 3.10. The lowest BCUT2D eigenvalue weighted by Gasteiger charge is -2.25. The number of hydrogen-bond acceptors (Lipinski definition) is 4. The standard InChI is InChI=1S/C13H17N3O2S/c14-11(16-18)13(5-6-13)12(17)15-9-2-1-3-10-8(9)4-7-19-10/h4,7,9,18H,1-3,5-6H2,(H2,14,16)(H,15,17). The van der Waals surface area contributed by atoms with Crippen molar-refractivity contribution in [2.24, 2.45) is 16.3 Å². The minimum absolute atomic E-state index is 0.0337. The van der Waals surface area contributed by atoms with Crippen LogP contribution in [0.5, 0.6) is 0 Å². The molecule has 0 saturated heterocycles. The molecule has 1 aromatic heterocycles. The van der Waals surface area contributed by atoms with E-state index >= 15 is 0 Å². The third-order valence-electron chi connectivity index (χ3n) is 4.14. The third kappa shape index (κ3) is 2.00. The first kappa shape index (κ1) is 12.5. The van der Waals surface area contributed by atoms with Crippen molar-refractivity contribution in [2.45, 2.75) is 38.1 Å². The Morgan fingerprint density at radius 2 is 2.37 bits per heavy atom. The van der Waals surface area contributed by atoms with Crippen molar-refractivity contribution in [3.8, 4) is 0 Å². The van der Waals surface area contributed by atoms with Gasteiger partial charge >= 0.3 is 0 Å². The highest BCUT2D eigenvalue weighted by Gasteiger charge is 2.54. The fourth-order valence-electron chi connectivity index (χ4n) is 2.75. The molecule has 102 valence electrons. The van der Waals surface area contributed by atoms with E-state index in [1.54, 1.807) is 11.3 Å². The normalized spacial score (nSPS) is 24.6. The number of nitrogens with one attached hydrogen (secondary N) is 1. The van der Waals surface area contributed by atoms with Gasteiger partial charge in [0.2, 0.25) is 5.91 Å². The maximum Gasteiger partial charge on any atom is 0.234 e. The molecule has 0 aliphatic heterocycles. The van der Waals surface area contributed by atoms with Gasteiger partial charge in [0.15, 0.2) is 5.84 Å². The van der Waals surface area contributed by atoms with Crippen LogP contribution in [0.15, 0.2) is 16.6 Å². The Morgan fingerprint density at radius 1 is 1.58 bits per heavy atom. The van der Waals surface area contributed by atoms with Gasteiger partial charge in [-0.2, -0.15) is 0 Å². The highest BCUT2D eigenvalue weighted by molar-refractivity contribution is 7.10. The number of amides is 1. The number of carbonyl (C=O) groups is 1. The second kappa shape index (κ2) is 4.52. The van der Waals surface area contributed by atoms with Gasteiger partial charge in [-0.15, -0.1) is 11.3 Å². The van der Waals surface area contributed by atoms with E-state index in [4.69, 9.17) is 10.9 Å². The molecule has 19 heavy (non-hydrogen) atoms. The van der Waals surface area contributed by atoms with Crippen LogP contribution in [0.1, 0.15) is 42.2 Å². The molecule has 2 aliphatic carbocycles. The molecule has 1 saturated carbocycles. The zero-order chi connectivity index (χ0) is 13.5. The number of oxime groups is 1. The molecule has 1 fully saturated rings. The van der Waals surface area contributed by atoms with Gasteiger partial charge in [0.05, 0.1) is 6.04 Å². The van der Waals surface area contributed by atoms with Crippen molar-refractivity contribution in [1.82, 2.24) is 5.32 Å². The lowest BCUT2D eigenvalue weighted by molar-refractivity contribution is -0.125. The van der Waals surface area contributed by atoms with Crippen LogP contribution in [0.2, 0.25) is 0 Å². The minimum Gasteiger partial charge on any atom is -0.409 e. The molecular weight excluding hydrogens is 262 g/mol. The molecule has 0 spiro atoms. The van der Waals surface area contributed by atoms with E-state index in [0.717, 1.165) is 19.3 Å². The Hall–Kier alpha value is -1.56. The summed E-state index contributed by atoms with van der Waals surface area (Å²) >= 11 is 1.75. The first-order chi connectivity index (χ1) is 9.17. The van der Waals surface area contributed by atoms with Crippen LogP contribution in [-0.4, -0.2) is 17.0 Å². The van der Waals surface area contributed by atoms with Gasteiger partial charge in [0.25, 0.3) is 0 Å². The molecule has 1 amide bonds. The fourth-order valence-corrected chi connectivity index (χ4v) is 3.74. The molecule has 0 bridgehead atoms. The number of amidine groups is 1. The Labute approximate surface area is 115 Å². The van der Waals surface area contributed by atoms with E-state index in [1.165, 1.54) is 10.4 Å². The van der Waals surface area contributed by atoms with Crippen molar-refractivity contribution in [2.75, 3.05) is 0 Å². The molecule has 0 aromatic carbocycles. The number of carbonyl (C=O) groups excluding carboxylic acids is 1. The van der Waals surface area contributed by atoms with Gasteiger partial charge in [-0.25, -0.2) is 0 Å². The maximum absolute atomic E-state index is 12.3. The zero-order valence-electron chi connectivity index (χ0n) is 10.6. The predicted octanol–water partition coefficient (Wildman–Crippen LogP) is 1.77. The summed E-state index contributed by atoms with van der Waals surface area (Å²) < 4.78 is 0. The van der Waals surface area contributed by atoms with Gasteiger partial charge in [0, 0.05) is 4.88 Å². The summed E-state index contributed by atoms with van der Waals surface area (Å²) in [4.78, 5) is 13.7. The fraction of sp³-hybridized carbons (Fsp3) is 0.538. The van der Waals surface area contributed by atoms with Crippen LogP contribution in [0.4, 0.5) is 0 Å². The highest BCUT2D eigenvalue weighted by atomic mass is 32.1. The van der Waals surface area contributed by atoms with Crippen LogP contribution < -0.4 is 11.1 Å². The first-order valence-corrected chi connectivity index (χ1v) is 7.40. The molecule has 0 radical (unpaired) electrons. The summed E-state index contributed by atoms with van der Waals surface area (Å²) in [5, 5.41) is 16.9. The van der Waals surface area contributed by atoms with Crippen molar-refractivity contribution in [3.63, 3.8) is 0 Å². The smallest absolute Gasteiger partial charge is 0.234 e. The van der Waals surface area contributed by atoms with Crippen LogP contribution in [0, 0.1) is 5.41 Å². The van der Waals surface area contributed by atoms with Crippen LogP contribution in [-0.2, 0) is 11.2 Å². The van der Waals surface area contributed by atoms with Crippen LogP contribution in [0.3, 0.4) is 0 Å². The molecule has 1 heterocycles. The zero-order valence-corrected chi connectivity index (χ0v) is 11.4. The Kier molecular flexibility index (Phi) is 2.97. The van der Waals surface area contributed by atoms with Gasteiger partial charge in [0.1, 0.15) is 5.41 Å². The van der Waals surface area contributed by atoms with E-state index < -0.39 is 5.41 Å². The van der Waals surface area contributed by atoms with Gasteiger partial charge in [-0.05, 0) is 49.1 Å². The lowest BCUT2D eigenvalue weighted by Crippen LogP contribution is -2.42. The lowest BCUT2D eigenvalue weighted by atomic mass is 9.93. The van der Waals surface area contributed by atoms with Crippen molar-refractivity contribution in [3.05, 3.63) is 21.9 Å². The molecule has 2 aliphatic rings. The van der Waals surface area contributed by atoms with Crippen molar-refractivity contribution >= 4 is 23.1 Å². The SMILES string of the molecule is N/C(=N/O)C1(C(=O)NC2CCCc3sccc32)CC1. The predicted molar refractivity (Wildman–Crippen MR) is 73.2 cm³/mol. The summed E-state index contributed by atoms with van der Waals surface area (Å²) in [5.74, 6) is -0.0711. The van der Waals surface area contributed by atoms with Crippen LogP contribution in [0.25, 0.3) is 0 Å². The molecule has 5 nitrogen and oxygen atoms in total. The number of rotatable bonds is 3. The molecule has 4 N–H and O–H groups in total. The molecule has 1 unspecified atom stereocenters. The Balaban J connectivity index is 1.76. The monoisotopic (exact) mass is 279 g/mol. The van der Waals surface area contributed by atoms with E-state index in [0.29, 0.717) is 12.8 Å². The second-order valence-corrected chi connectivity index (χ2v) is 6.29. The molecule has 3 rings (SSSR count). The average molecular weight is 279 g/mol. The summed E-state index contributed by atoms with van der Waals surface area (Å²) in [5.41, 5.74) is 6.11. The quantitative estimate of drug-likeness (QED) is 0.341. The number of aryl methyl sites for hydroxylation is 1. The largest absolute Gasteiger partial charge is 0.409 e. The van der Waals surface area contributed by atoms with E-state index in [1.807, 2.05) is 0 Å². The summed E-state index contributed by atoms with van der Waals surface area (Å²) in [6.07, 6.45) is 4.48. The van der Waals surface area contributed by atoms with Crippen molar-refractivity contribution in [1.29, 1.82) is 0 Å². The number of thiophene rings is 1. The van der Waals surface area contributed by atoms with Gasteiger partial charge in [-0.1, -0.05) is 5.16 Å². The van der Waals surface area contributed by atoms with Crippen LogP contribution >= 0.6 is 11.3 Å². The molecule has 6 heteroatoms. The second-order valence-electron chi connectivity index (χ2n) is 5.28. The first-order valence-electron chi connectivity index (χ1n) is 6.52. The third-order valence-corrected chi connectivity index (χ3v) is 5.14. The van der Waals surface area contributed by atoms with Crippen molar-refractivity contribution < 1.29 is 10.0 Å². The summed E-state index contributed by atoms with van der Waals surface area (Å²) in [6.45, 7) is 0. The summed E-state index contributed by atoms with van der Waals surface area (Å²) in [6, 6.07) is 2.17. The highest BCUT2D eigenvalue weighted by Crippen LogP contribution is 2.47.